The zero-order valence-electron chi connectivity index (χ0n) is 8.71. The summed E-state index contributed by atoms with van der Waals surface area (Å²) in [6, 6.07) is -0.266. The second-order valence-corrected chi connectivity index (χ2v) is 4.24. The van der Waals surface area contributed by atoms with E-state index in [9.17, 15) is 0 Å². The Morgan fingerprint density at radius 2 is 2.33 bits per heavy atom. The van der Waals surface area contributed by atoms with Crippen LogP contribution < -0.4 is 5.73 Å². The van der Waals surface area contributed by atoms with Crippen molar-refractivity contribution in [2.45, 2.75) is 23.4 Å². The lowest BCUT2D eigenvalue weighted by Crippen LogP contribution is -2.38. The maximum atomic E-state index is 9.14. The van der Waals surface area contributed by atoms with Crippen molar-refractivity contribution in [1.82, 2.24) is 10.2 Å². The number of rotatable bonds is 6. The molecule has 6 nitrogen and oxygen atoms in total. The summed E-state index contributed by atoms with van der Waals surface area (Å²) in [6.45, 7) is 2.03. The van der Waals surface area contributed by atoms with E-state index >= 15 is 0 Å². The van der Waals surface area contributed by atoms with Gasteiger partial charge in [-0.25, -0.2) is 0 Å². The zero-order valence-corrected chi connectivity index (χ0v) is 9.53. The molecule has 0 aliphatic rings. The molecule has 0 fully saturated rings. The van der Waals surface area contributed by atoms with Gasteiger partial charge in [-0.1, -0.05) is 11.8 Å². The third-order valence-corrected chi connectivity index (χ3v) is 2.94. The first-order valence-corrected chi connectivity index (χ1v) is 5.37. The summed E-state index contributed by atoms with van der Waals surface area (Å²) in [5, 5.41) is 16.9. The molecule has 1 heterocycles. The minimum Gasteiger partial charge on any atom is -0.416 e. The molecule has 86 valence electrons. The number of aliphatic hydroxyl groups is 1. The van der Waals surface area contributed by atoms with E-state index in [1.807, 2.05) is 0 Å². The van der Waals surface area contributed by atoms with Gasteiger partial charge in [0.1, 0.15) is 0 Å². The molecule has 0 saturated heterocycles. The molecule has 0 amide bonds. The molecule has 0 aliphatic heterocycles. The number of hydrogen-bond acceptors (Lipinski definition) is 7. The molecule has 0 radical (unpaired) electrons. The number of ether oxygens (including phenoxy) is 1. The predicted octanol–water partition coefficient (Wildman–Crippen LogP) is -0.195. The molecule has 1 rings (SSSR count). The molecule has 7 heteroatoms. The van der Waals surface area contributed by atoms with Crippen LogP contribution in [0.1, 0.15) is 5.89 Å². The number of aryl methyl sites for hydroxylation is 1. The number of hydrogen-bond donors (Lipinski definition) is 2. The minimum absolute atomic E-state index is 0.0589. The van der Waals surface area contributed by atoms with Crippen LogP contribution in [0.25, 0.3) is 0 Å². The van der Waals surface area contributed by atoms with Gasteiger partial charge in [-0.2, -0.15) is 0 Å². The standard InChI is InChI=1S/C8H15N3O3S/c1-5-10-11-8(14-5)15-7(3-12)6(9)4-13-2/h6-7,12H,3-4,9H2,1-2H3. The Bertz CT molecular complexity index is 294. The average molecular weight is 233 g/mol. The molecule has 0 bridgehead atoms. The van der Waals surface area contributed by atoms with Gasteiger partial charge in [0.2, 0.25) is 5.89 Å². The number of methoxy groups -OCH3 is 1. The lowest BCUT2D eigenvalue weighted by molar-refractivity contribution is 0.167. The lowest BCUT2D eigenvalue weighted by Gasteiger charge is -2.18. The van der Waals surface area contributed by atoms with Crippen molar-refractivity contribution < 1.29 is 14.3 Å². The Hall–Kier alpha value is -0.630. The van der Waals surface area contributed by atoms with Gasteiger partial charge < -0.3 is 20.0 Å². The van der Waals surface area contributed by atoms with Gasteiger partial charge in [0.25, 0.3) is 5.22 Å². The summed E-state index contributed by atoms with van der Waals surface area (Å²) in [4.78, 5) is 0. The van der Waals surface area contributed by atoms with E-state index in [0.29, 0.717) is 17.7 Å². The molecule has 0 aromatic carbocycles. The van der Waals surface area contributed by atoms with Crippen molar-refractivity contribution in [3.63, 3.8) is 0 Å². The van der Waals surface area contributed by atoms with Crippen LogP contribution in [0, 0.1) is 6.92 Å². The second kappa shape index (κ2) is 6.06. The minimum atomic E-state index is -0.266. The fraction of sp³-hybridized carbons (Fsp3) is 0.750. The molecular weight excluding hydrogens is 218 g/mol. The maximum absolute atomic E-state index is 9.14. The Morgan fingerprint density at radius 1 is 1.60 bits per heavy atom. The molecule has 0 saturated carbocycles. The van der Waals surface area contributed by atoms with Crippen molar-refractivity contribution in [2.24, 2.45) is 5.73 Å². The molecule has 2 atom stereocenters. The topological polar surface area (TPSA) is 94.4 Å². The van der Waals surface area contributed by atoms with Gasteiger partial charge in [-0.05, 0) is 0 Å². The van der Waals surface area contributed by atoms with Crippen molar-refractivity contribution in [3.05, 3.63) is 5.89 Å². The van der Waals surface area contributed by atoms with Gasteiger partial charge in [0, 0.05) is 20.1 Å². The van der Waals surface area contributed by atoms with Gasteiger partial charge >= 0.3 is 0 Å². The van der Waals surface area contributed by atoms with E-state index in [0.717, 1.165) is 0 Å². The van der Waals surface area contributed by atoms with Crippen LogP contribution >= 0.6 is 11.8 Å². The molecule has 3 N–H and O–H groups in total. The zero-order chi connectivity index (χ0) is 11.3. The van der Waals surface area contributed by atoms with Crippen molar-refractivity contribution in [2.75, 3.05) is 20.3 Å². The molecule has 0 aliphatic carbocycles. The van der Waals surface area contributed by atoms with E-state index in [-0.39, 0.29) is 17.9 Å². The highest BCUT2D eigenvalue weighted by Crippen LogP contribution is 2.23. The van der Waals surface area contributed by atoms with Gasteiger partial charge in [-0.3, -0.25) is 0 Å². The largest absolute Gasteiger partial charge is 0.416 e. The summed E-state index contributed by atoms with van der Waals surface area (Å²) in [7, 11) is 1.57. The van der Waals surface area contributed by atoms with Gasteiger partial charge in [-0.15, -0.1) is 10.2 Å². The Kier molecular flexibility index (Phi) is 5.03. The third-order valence-electron chi connectivity index (χ3n) is 1.78. The fourth-order valence-corrected chi connectivity index (χ4v) is 1.86. The quantitative estimate of drug-likeness (QED) is 0.657. The van der Waals surface area contributed by atoms with Crippen molar-refractivity contribution >= 4 is 11.8 Å². The highest BCUT2D eigenvalue weighted by atomic mass is 32.2. The number of thioether (sulfide) groups is 1. The summed E-state index contributed by atoms with van der Waals surface area (Å²) < 4.78 is 10.1. The highest BCUT2D eigenvalue weighted by molar-refractivity contribution is 7.99. The van der Waals surface area contributed by atoms with Crippen LogP contribution in [0.2, 0.25) is 0 Å². The van der Waals surface area contributed by atoms with Crippen LogP contribution in [0.4, 0.5) is 0 Å². The van der Waals surface area contributed by atoms with E-state index in [4.69, 9.17) is 20.0 Å². The Balaban J connectivity index is 2.53. The molecular formula is C8H15N3O3S. The summed E-state index contributed by atoms with van der Waals surface area (Å²) in [5.74, 6) is 0.495. The maximum Gasteiger partial charge on any atom is 0.276 e. The number of nitrogens with two attached hydrogens (primary N) is 1. The van der Waals surface area contributed by atoms with Gasteiger partial charge in [0.05, 0.1) is 18.5 Å². The average Bonchev–Trinajstić information content (AvgIpc) is 2.61. The van der Waals surface area contributed by atoms with Crippen LogP contribution in [0.3, 0.4) is 0 Å². The van der Waals surface area contributed by atoms with E-state index in [2.05, 4.69) is 10.2 Å². The second-order valence-electron chi connectivity index (χ2n) is 3.05. The first kappa shape index (κ1) is 12.4. The third kappa shape index (κ3) is 3.78. The SMILES string of the molecule is COCC(N)C(CO)Sc1nnc(C)o1. The summed E-state index contributed by atoms with van der Waals surface area (Å²) >= 11 is 1.26. The molecule has 1 aromatic rings. The van der Waals surface area contributed by atoms with Crippen LogP contribution in [-0.4, -0.2) is 46.9 Å². The first-order valence-electron chi connectivity index (χ1n) is 4.49. The normalized spacial score (nSPS) is 15.2. The molecule has 2 unspecified atom stereocenters. The number of aliphatic hydroxyl groups excluding tert-OH is 1. The summed E-state index contributed by atoms with van der Waals surface area (Å²) in [6.07, 6.45) is 0. The predicted molar refractivity (Wildman–Crippen MR) is 55.6 cm³/mol. The highest BCUT2D eigenvalue weighted by Gasteiger charge is 2.20. The molecule has 0 spiro atoms. The van der Waals surface area contributed by atoms with Crippen molar-refractivity contribution in [3.8, 4) is 0 Å². The smallest absolute Gasteiger partial charge is 0.276 e. The van der Waals surface area contributed by atoms with E-state index < -0.39 is 0 Å². The van der Waals surface area contributed by atoms with Crippen LogP contribution in [-0.2, 0) is 4.74 Å². The van der Waals surface area contributed by atoms with Crippen LogP contribution in [0.5, 0.6) is 0 Å². The Morgan fingerprint density at radius 3 is 2.80 bits per heavy atom. The number of nitrogens with zero attached hydrogens (tertiary/aromatic N) is 2. The fourth-order valence-electron chi connectivity index (χ4n) is 1.02. The monoisotopic (exact) mass is 233 g/mol. The molecule has 15 heavy (non-hydrogen) atoms. The summed E-state index contributed by atoms with van der Waals surface area (Å²) in [5.41, 5.74) is 5.80. The van der Waals surface area contributed by atoms with E-state index in [1.54, 1.807) is 14.0 Å². The first-order chi connectivity index (χ1) is 7.17. The van der Waals surface area contributed by atoms with Gasteiger partial charge in [0.15, 0.2) is 0 Å². The Labute approximate surface area is 92.2 Å². The lowest BCUT2D eigenvalue weighted by atomic mass is 10.2. The number of aromatic nitrogens is 2. The molecule has 1 aromatic heterocycles. The van der Waals surface area contributed by atoms with Crippen molar-refractivity contribution in [1.29, 1.82) is 0 Å². The van der Waals surface area contributed by atoms with Crippen LogP contribution in [0.15, 0.2) is 9.64 Å². The van der Waals surface area contributed by atoms with E-state index in [1.165, 1.54) is 11.8 Å².